The Balaban J connectivity index is 1.75. The fourth-order valence-corrected chi connectivity index (χ4v) is 6.55. The lowest BCUT2D eigenvalue weighted by molar-refractivity contribution is -0.139. The van der Waals surface area contributed by atoms with Gasteiger partial charge in [-0.1, -0.05) is 13.8 Å². The first-order valence-electron chi connectivity index (χ1n) is 6.04. The molecule has 3 saturated carbocycles. The molecule has 4 atom stereocenters. The van der Waals surface area contributed by atoms with Crippen molar-refractivity contribution in [3.63, 3.8) is 0 Å². The first kappa shape index (κ1) is 9.85. The predicted octanol–water partition coefficient (Wildman–Crippen LogP) is 1.05. The molecule has 3 aliphatic carbocycles. The molecule has 4 fully saturated rings. The third kappa shape index (κ3) is 0.710. The van der Waals surface area contributed by atoms with Gasteiger partial charge in [-0.3, -0.25) is 4.18 Å². The van der Waals surface area contributed by atoms with Gasteiger partial charge in [0.1, 0.15) is 0 Å². The molecule has 4 unspecified atom stereocenters. The Morgan fingerprint density at radius 2 is 2.12 bits per heavy atom. The molecule has 1 heterocycles. The maximum atomic E-state index is 11.4. The molecule has 5 heteroatoms. The van der Waals surface area contributed by atoms with Crippen molar-refractivity contribution >= 4 is 10.3 Å². The molecule has 1 saturated heterocycles. The summed E-state index contributed by atoms with van der Waals surface area (Å²) in [5, 5.41) is 0. The zero-order valence-electron chi connectivity index (χ0n) is 9.62. The summed E-state index contributed by atoms with van der Waals surface area (Å²) in [5.74, 6) is 0.794. The quantitative estimate of drug-likeness (QED) is 0.692. The molecule has 1 N–H and O–H groups in total. The first-order chi connectivity index (χ1) is 7.36. The summed E-state index contributed by atoms with van der Waals surface area (Å²) in [5.41, 5.74) is 0.897. The minimum atomic E-state index is -3.45. The van der Waals surface area contributed by atoms with E-state index in [9.17, 15) is 8.42 Å². The topological polar surface area (TPSA) is 55.4 Å². The van der Waals surface area contributed by atoms with Crippen LogP contribution in [0.2, 0.25) is 0 Å². The molecule has 4 rings (SSSR count). The van der Waals surface area contributed by atoms with Gasteiger partial charge < -0.3 is 0 Å². The average molecular weight is 243 g/mol. The highest BCUT2D eigenvalue weighted by Gasteiger charge is 2.89. The lowest BCUT2D eigenvalue weighted by Gasteiger charge is -2.58. The van der Waals surface area contributed by atoms with Gasteiger partial charge in [0.05, 0.1) is 6.10 Å². The summed E-state index contributed by atoms with van der Waals surface area (Å²) in [6, 6.07) is 0. The summed E-state index contributed by atoms with van der Waals surface area (Å²) in [6.45, 7) is 5.26. The third-order valence-electron chi connectivity index (χ3n) is 6.23. The largest absolute Gasteiger partial charge is 0.336 e. The monoisotopic (exact) mass is 243 g/mol. The molecule has 4 aliphatic rings. The van der Waals surface area contributed by atoms with E-state index >= 15 is 0 Å². The number of nitrogens with one attached hydrogen (secondary N) is 1. The van der Waals surface area contributed by atoms with Gasteiger partial charge in [0, 0.05) is 12.0 Å². The second-order valence-electron chi connectivity index (χ2n) is 6.50. The van der Waals surface area contributed by atoms with Gasteiger partial charge in [0.15, 0.2) is 0 Å². The maximum Gasteiger partial charge on any atom is 0.336 e. The highest BCUT2D eigenvalue weighted by molar-refractivity contribution is 7.84. The van der Waals surface area contributed by atoms with E-state index in [4.69, 9.17) is 4.18 Å². The van der Waals surface area contributed by atoms with Crippen molar-refractivity contribution in [2.24, 2.45) is 22.2 Å². The Kier molecular flexibility index (Phi) is 1.37. The van der Waals surface area contributed by atoms with Crippen LogP contribution in [0, 0.1) is 22.2 Å². The van der Waals surface area contributed by atoms with Crippen LogP contribution in [0.25, 0.3) is 0 Å². The predicted molar refractivity (Wildman–Crippen MR) is 57.8 cm³/mol. The highest BCUT2D eigenvalue weighted by Crippen LogP contribution is 2.91. The van der Waals surface area contributed by atoms with Crippen molar-refractivity contribution in [2.75, 3.05) is 6.54 Å². The minimum absolute atomic E-state index is 0.0504. The Bertz CT molecular complexity index is 485. The van der Waals surface area contributed by atoms with Crippen molar-refractivity contribution < 1.29 is 12.6 Å². The van der Waals surface area contributed by atoms with Gasteiger partial charge in [0.25, 0.3) is 0 Å². The fourth-order valence-electron chi connectivity index (χ4n) is 5.49. The van der Waals surface area contributed by atoms with E-state index in [0.717, 1.165) is 18.8 Å². The van der Waals surface area contributed by atoms with E-state index in [1.54, 1.807) is 0 Å². The Morgan fingerprint density at radius 1 is 1.38 bits per heavy atom. The van der Waals surface area contributed by atoms with Crippen LogP contribution >= 0.6 is 0 Å². The van der Waals surface area contributed by atoms with Crippen LogP contribution in [0.4, 0.5) is 0 Å². The van der Waals surface area contributed by atoms with Crippen LogP contribution in [0.3, 0.4) is 0 Å². The lowest BCUT2D eigenvalue weighted by atomic mass is 9.52. The zero-order chi connectivity index (χ0) is 11.4. The van der Waals surface area contributed by atoms with Crippen molar-refractivity contribution in [1.82, 2.24) is 4.72 Å². The van der Waals surface area contributed by atoms with Gasteiger partial charge in [-0.2, -0.15) is 13.1 Å². The van der Waals surface area contributed by atoms with Crippen LogP contribution in [0.1, 0.15) is 33.1 Å². The van der Waals surface area contributed by atoms with Gasteiger partial charge in [-0.15, -0.1) is 0 Å². The van der Waals surface area contributed by atoms with Crippen LogP contribution < -0.4 is 4.72 Å². The molecular formula is C11H17NO3S. The van der Waals surface area contributed by atoms with E-state index in [0.29, 0.717) is 17.4 Å². The Labute approximate surface area is 96.0 Å². The SMILES string of the molecule is CC1(C)C2CCC34CNS(=O)(=O)OC3CC214. The van der Waals surface area contributed by atoms with Crippen LogP contribution in [0.15, 0.2) is 0 Å². The summed E-state index contributed by atoms with van der Waals surface area (Å²) >= 11 is 0. The molecular weight excluding hydrogens is 226 g/mol. The Hall–Kier alpha value is -0.130. The standard InChI is InChI=1S/C11H17NO3S/c1-9(2)7-3-4-10-6-12-16(13,14)15-8(10)5-11(7,9)10/h7-8,12H,3-6H2,1-2H3. The molecule has 0 aromatic carbocycles. The van der Waals surface area contributed by atoms with Gasteiger partial charge >= 0.3 is 10.3 Å². The number of hydrogen-bond acceptors (Lipinski definition) is 3. The zero-order valence-corrected chi connectivity index (χ0v) is 10.4. The van der Waals surface area contributed by atoms with E-state index in [1.807, 2.05) is 0 Å². The molecule has 0 amide bonds. The first-order valence-corrected chi connectivity index (χ1v) is 7.44. The van der Waals surface area contributed by atoms with Gasteiger partial charge in [-0.05, 0) is 36.0 Å². The maximum absolute atomic E-state index is 11.4. The molecule has 2 spiro atoms. The lowest BCUT2D eigenvalue weighted by Crippen LogP contribution is -2.66. The average Bonchev–Trinajstić information content (AvgIpc) is 2.52. The van der Waals surface area contributed by atoms with Crippen molar-refractivity contribution in [2.45, 2.75) is 39.2 Å². The molecule has 16 heavy (non-hydrogen) atoms. The normalized spacial score (nSPS) is 59.1. The van der Waals surface area contributed by atoms with Crippen molar-refractivity contribution in [1.29, 1.82) is 0 Å². The van der Waals surface area contributed by atoms with Crippen molar-refractivity contribution in [3.05, 3.63) is 0 Å². The summed E-state index contributed by atoms with van der Waals surface area (Å²) in [7, 11) is -3.45. The fraction of sp³-hybridized carbons (Fsp3) is 1.00. The molecule has 0 aromatic heterocycles. The summed E-state index contributed by atoms with van der Waals surface area (Å²) < 4.78 is 30.6. The van der Waals surface area contributed by atoms with Crippen molar-refractivity contribution in [3.8, 4) is 0 Å². The number of hydrogen-bond donors (Lipinski definition) is 1. The Morgan fingerprint density at radius 3 is 2.75 bits per heavy atom. The van der Waals surface area contributed by atoms with E-state index < -0.39 is 10.3 Å². The van der Waals surface area contributed by atoms with E-state index in [1.165, 1.54) is 6.42 Å². The summed E-state index contributed by atoms with van der Waals surface area (Å²) in [4.78, 5) is 0. The molecule has 0 radical (unpaired) electrons. The van der Waals surface area contributed by atoms with Crippen LogP contribution in [-0.2, 0) is 14.5 Å². The summed E-state index contributed by atoms with van der Waals surface area (Å²) in [6.07, 6.45) is 3.28. The number of rotatable bonds is 0. The smallest absolute Gasteiger partial charge is 0.254 e. The molecule has 1 aliphatic heterocycles. The second-order valence-corrected chi connectivity index (χ2v) is 7.89. The van der Waals surface area contributed by atoms with Crippen LogP contribution in [-0.4, -0.2) is 21.1 Å². The van der Waals surface area contributed by atoms with Crippen LogP contribution in [0.5, 0.6) is 0 Å². The molecule has 0 bridgehead atoms. The minimum Gasteiger partial charge on any atom is -0.254 e. The third-order valence-corrected chi connectivity index (χ3v) is 7.21. The molecule has 90 valence electrons. The highest BCUT2D eigenvalue weighted by atomic mass is 32.2. The molecule has 0 aromatic rings. The van der Waals surface area contributed by atoms with E-state index in [2.05, 4.69) is 18.6 Å². The molecule has 4 nitrogen and oxygen atoms in total. The second kappa shape index (κ2) is 2.22. The van der Waals surface area contributed by atoms with Gasteiger partial charge in [-0.25, -0.2) is 0 Å². The van der Waals surface area contributed by atoms with E-state index in [-0.39, 0.29) is 11.5 Å². The van der Waals surface area contributed by atoms with Gasteiger partial charge in [0.2, 0.25) is 0 Å².